The van der Waals surface area contributed by atoms with Crippen LogP contribution in [0.3, 0.4) is 0 Å². The van der Waals surface area contributed by atoms with E-state index in [1.54, 1.807) is 0 Å². The van der Waals surface area contributed by atoms with E-state index in [0.29, 0.717) is 12.0 Å². The van der Waals surface area contributed by atoms with Gasteiger partial charge in [-0.15, -0.1) is 0 Å². The van der Waals surface area contributed by atoms with Gasteiger partial charge < -0.3 is 4.74 Å². The highest BCUT2D eigenvalue weighted by atomic mass is 16.5. The molecule has 0 bridgehead atoms. The summed E-state index contributed by atoms with van der Waals surface area (Å²) in [6.45, 7) is 8.36. The Hall–Kier alpha value is -3.81. The Morgan fingerprint density at radius 2 is 1.48 bits per heavy atom. The minimum absolute atomic E-state index is 0.0609. The van der Waals surface area contributed by atoms with Crippen molar-refractivity contribution in [3.8, 4) is 29.3 Å². The number of benzene rings is 2. The zero-order valence-electron chi connectivity index (χ0n) is 18.4. The second kappa shape index (κ2) is 8.51. The molecule has 4 heteroatoms. The van der Waals surface area contributed by atoms with Gasteiger partial charge in [0.1, 0.15) is 18.2 Å². The molecule has 1 heterocycles. The summed E-state index contributed by atoms with van der Waals surface area (Å²) in [5.41, 5.74) is 3.17. The van der Waals surface area contributed by atoms with Gasteiger partial charge in [-0.2, -0.15) is 15.8 Å². The average molecular weight is 408 g/mol. The first-order valence-electron chi connectivity index (χ1n) is 10.3. The summed E-state index contributed by atoms with van der Waals surface area (Å²) in [6, 6.07) is 24.1. The highest BCUT2D eigenvalue weighted by Crippen LogP contribution is 2.49. The fraction of sp³-hybridized carbons (Fsp3) is 0.296. The van der Waals surface area contributed by atoms with Crippen LogP contribution in [0.2, 0.25) is 0 Å². The predicted molar refractivity (Wildman–Crippen MR) is 120 cm³/mol. The molecule has 2 aromatic carbocycles. The van der Waals surface area contributed by atoms with Crippen LogP contribution in [0.25, 0.3) is 11.1 Å². The molecular formula is C27H25N3O. The molecule has 0 spiro atoms. The Labute approximate surface area is 184 Å². The molecule has 1 aliphatic rings. The molecule has 2 aromatic rings. The van der Waals surface area contributed by atoms with Crippen molar-refractivity contribution in [2.75, 3.05) is 0 Å². The van der Waals surface area contributed by atoms with Crippen LogP contribution < -0.4 is 0 Å². The van der Waals surface area contributed by atoms with Crippen molar-refractivity contribution in [3.05, 3.63) is 82.6 Å². The molecular weight excluding hydrogens is 382 g/mol. The smallest absolute Gasteiger partial charge is 0.172 e. The monoisotopic (exact) mass is 407 g/mol. The number of rotatable bonds is 4. The molecule has 0 fully saturated rings. The van der Waals surface area contributed by atoms with Crippen molar-refractivity contribution in [2.24, 2.45) is 5.41 Å². The van der Waals surface area contributed by atoms with Gasteiger partial charge >= 0.3 is 0 Å². The summed E-state index contributed by atoms with van der Waals surface area (Å²) in [5, 5.41) is 28.7. The number of ether oxygens (including phenoxy) is 1. The number of allylic oxidation sites excluding steroid dienone is 2. The quantitative estimate of drug-likeness (QED) is 0.538. The van der Waals surface area contributed by atoms with Crippen molar-refractivity contribution >= 4 is 0 Å². The van der Waals surface area contributed by atoms with Gasteiger partial charge in [0.05, 0.1) is 5.57 Å². The van der Waals surface area contributed by atoms with Gasteiger partial charge in [-0.3, -0.25) is 0 Å². The van der Waals surface area contributed by atoms with Gasteiger partial charge in [-0.1, -0.05) is 75.4 Å². The maximum Gasteiger partial charge on any atom is 0.172 e. The average Bonchev–Trinajstić information content (AvgIpc) is 3.06. The van der Waals surface area contributed by atoms with Crippen LogP contribution in [0.4, 0.5) is 0 Å². The second-order valence-electron chi connectivity index (χ2n) is 9.03. The highest BCUT2D eigenvalue weighted by molar-refractivity contribution is 5.65. The van der Waals surface area contributed by atoms with E-state index in [2.05, 4.69) is 39.0 Å². The molecule has 1 atom stereocenters. The lowest BCUT2D eigenvalue weighted by atomic mass is 9.80. The summed E-state index contributed by atoms with van der Waals surface area (Å²) in [6.07, 6.45) is 1.48. The van der Waals surface area contributed by atoms with E-state index in [9.17, 15) is 15.8 Å². The van der Waals surface area contributed by atoms with E-state index in [4.69, 9.17) is 4.74 Å². The largest absolute Gasteiger partial charge is 0.475 e. The van der Waals surface area contributed by atoms with Gasteiger partial charge in [-0.25, -0.2) is 0 Å². The van der Waals surface area contributed by atoms with E-state index in [-0.39, 0.29) is 16.7 Å². The summed E-state index contributed by atoms with van der Waals surface area (Å²) < 4.78 is 6.24. The molecule has 3 rings (SSSR count). The first kappa shape index (κ1) is 21.9. The van der Waals surface area contributed by atoms with E-state index >= 15 is 0 Å². The Morgan fingerprint density at radius 3 is 2.00 bits per heavy atom. The van der Waals surface area contributed by atoms with Gasteiger partial charge in [0.25, 0.3) is 0 Å². The maximum absolute atomic E-state index is 9.91. The number of hydrogen-bond acceptors (Lipinski definition) is 4. The zero-order chi connectivity index (χ0) is 22.6. The molecule has 0 aromatic heterocycles. The van der Waals surface area contributed by atoms with Gasteiger partial charge in [-0.05, 0) is 47.4 Å². The Bertz CT molecular complexity index is 1140. The van der Waals surface area contributed by atoms with Crippen molar-refractivity contribution < 1.29 is 4.74 Å². The molecule has 0 saturated carbocycles. The van der Waals surface area contributed by atoms with E-state index in [1.807, 2.05) is 61.5 Å². The minimum atomic E-state index is -0.917. The van der Waals surface area contributed by atoms with Crippen molar-refractivity contribution in [1.82, 2.24) is 0 Å². The summed E-state index contributed by atoms with van der Waals surface area (Å²) in [5.74, 6) is 0.0889. The van der Waals surface area contributed by atoms with Crippen molar-refractivity contribution in [2.45, 2.75) is 46.1 Å². The van der Waals surface area contributed by atoms with Gasteiger partial charge in [0.2, 0.25) is 0 Å². The normalized spacial score (nSPS) is 18.0. The molecule has 0 amide bonds. The predicted octanol–water partition coefficient (Wildman–Crippen LogP) is 6.55. The number of hydrogen-bond donors (Lipinski definition) is 0. The summed E-state index contributed by atoms with van der Waals surface area (Å²) >= 11 is 0. The topological polar surface area (TPSA) is 80.6 Å². The summed E-state index contributed by atoms with van der Waals surface area (Å²) in [4.78, 5) is 0. The van der Waals surface area contributed by atoms with Crippen LogP contribution in [0.1, 0.15) is 46.1 Å². The molecule has 0 saturated heterocycles. The Kier molecular flexibility index (Phi) is 6.01. The lowest BCUT2D eigenvalue weighted by Crippen LogP contribution is -2.25. The molecule has 0 radical (unpaired) electrons. The first-order chi connectivity index (χ1) is 14.7. The lowest BCUT2D eigenvalue weighted by Gasteiger charge is -2.30. The third kappa shape index (κ3) is 4.37. The fourth-order valence-electron chi connectivity index (χ4n) is 3.82. The Balaban J connectivity index is 2.11. The zero-order valence-corrected chi connectivity index (χ0v) is 18.4. The standard InChI is InChI=1S/C27H25N3O/c1-26(2,3)15-14-24-23(18-30)25(21(16-28)17-29)31-27(24,4)22-12-10-20(11-13-22)19-8-6-5-7-9-19/h5-13H,14-15H2,1-4H3. The molecule has 0 aliphatic carbocycles. The SMILES string of the molecule is CC(C)(C)CCC1=C(C#N)C(=C(C#N)C#N)OC1(C)c1ccc(-c2ccccc2)cc1. The molecule has 0 N–H and O–H groups in total. The lowest BCUT2D eigenvalue weighted by molar-refractivity contribution is 0.0688. The number of nitrogens with zero attached hydrogens (tertiary/aromatic N) is 3. The molecule has 1 aliphatic heterocycles. The summed E-state index contributed by atoms with van der Waals surface area (Å²) in [7, 11) is 0. The van der Waals surface area contributed by atoms with Gasteiger partial charge in [0.15, 0.2) is 16.9 Å². The van der Waals surface area contributed by atoms with E-state index < -0.39 is 5.60 Å². The van der Waals surface area contributed by atoms with Crippen LogP contribution in [0.15, 0.2) is 77.1 Å². The van der Waals surface area contributed by atoms with E-state index in [1.165, 1.54) is 0 Å². The van der Waals surface area contributed by atoms with Crippen molar-refractivity contribution in [3.63, 3.8) is 0 Å². The Morgan fingerprint density at radius 1 is 0.903 bits per heavy atom. The van der Waals surface area contributed by atoms with Gasteiger partial charge in [0, 0.05) is 0 Å². The van der Waals surface area contributed by atoms with E-state index in [0.717, 1.165) is 28.7 Å². The molecule has 31 heavy (non-hydrogen) atoms. The highest BCUT2D eigenvalue weighted by Gasteiger charge is 2.44. The minimum Gasteiger partial charge on any atom is -0.475 e. The number of nitriles is 3. The molecule has 4 nitrogen and oxygen atoms in total. The second-order valence-corrected chi connectivity index (χ2v) is 9.03. The van der Waals surface area contributed by atoms with Crippen LogP contribution in [-0.4, -0.2) is 0 Å². The first-order valence-corrected chi connectivity index (χ1v) is 10.3. The third-order valence-electron chi connectivity index (χ3n) is 5.64. The van der Waals surface area contributed by atoms with Crippen molar-refractivity contribution in [1.29, 1.82) is 15.8 Å². The van der Waals surface area contributed by atoms with Crippen LogP contribution in [0, 0.1) is 39.4 Å². The van der Waals surface area contributed by atoms with Crippen LogP contribution in [0.5, 0.6) is 0 Å². The van der Waals surface area contributed by atoms with Crippen LogP contribution >= 0.6 is 0 Å². The molecule has 154 valence electrons. The maximum atomic E-state index is 9.91. The fourth-order valence-corrected chi connectivity index (χ4v) is 3.82. The third-order valence-corrected chi connectivity index (χ3v) is 5.64. The molecule has 1 unspecified atom stereocenters. The van der Waals surface area contributed by atoms with Crippen LogP contribution in [-0.2, 0) is 10.3 Å².